The van der Waals surface area contributed by atoms with Crippen molar-refractivity contribution in [2.45, 2.75) is 19.8 Å². The second-order valence-corrected chi connectivity index (χ2v) is 6.97. The van der Waals surface area contributed by atoms with Crippen molar-refractivity contribution in [2.75, 3.05) is 29.1 Å². The normalized spacial score (nSPS) is 10.2. The Morgan fingerprint density at radius 2 is 1.48 bits per heavy atom. The summed E-state index contributed by atoms with van der Waals surface area (Å²) in [5.74, 6) is 0.553. The monoisotopic (exact) mass is 417 g/mol. The van der Waals surface area contributed by atoms with Crippen LogP contribution in [0.25, 0.3) is 0 Å². The number of carbonyl (C=O) groups excluding carboxylic acids is 2. The molecule has 0 heterocycles. The molecule has 0 bridgehead atoms. The van der Waals surface area contributed by atoms with E-state index in [4.69, 9.17) is 4.74 Å². The molecule has 0 aliphatic rings. The molecule has 3 aromatic rings. The van der Waals surface area contributed by atoms with Crippen LogP contribution in [0.2, 0.25) is 0 Å². The SMILES string of the molecule is CCOc1ccc(NC(=O)CNc2cccc(NC(=O)CCc3ccccc3)c2)cc1. The smallest absolute Gasteiger partial charge is 0.243 e. The molecule has 3 N–H and O–H groups in total. The molecule has 0 aromatic heterocycles. The molecule has 160 valence electrons. The maximum atomic E-state index is 12.2. The Bertz CT molecular complexity index is 988. The lowest BCUT2D eigenvalue weighted by Gasteiger charge is -2.11. The first kappa shape index (κ1) is 21.9. The molecule has 31 heavy (non-hydrogen) atoms. The molecule has 0 fully saturated rings. The van der Waals surface area contributed by atoms with E-state index in [2.05, 4.69) is 16.0 Å². The van der Waals surface area contributed by atoms with Crippen LogP contribution < -0.4 is 20.7 Å². The fraction of sp³-hybridized carbons (Fsp3) is 0.200. The third-order valence-electron chi connectivity index (χ3n) is 4.53. The second kappa shape index (κ2) is 11.4. The number of aryl methyl sites for hydroxylation is 1. The zero-order chi connectivity index (χ0) is 21.9. The van der Waals surface area contributed by atoms with Crippen molar-refractivity contribution in [1.29, 1.82) is 0 Å². The van der Waals surface area contributed by atoms with E-state index in [1.807, 2.05) is 73.7 Å². The number of nitrogens with one attached hydrogen (secondary N) is 3. The zero-order valence-corrected chi connectivity index (χ0v) is 17.6. The molecule has 6 nitrogen and oxygen atoms in total. The molecule has 0 spiro atoms. The standard InChI is InChI=1S/C25H27N3O3/c1-2-31-23-14-12-20(13-15-23)27-25(30)18-26-21-9-6-10-22(17-21)28-24(29)16-11-19-7-4-3-5-8-19/h3-10,12-15,17,26H,2,11,16,18H2,1H3,(H,27,30)(H,28,29). The lowest BCUT2D eigenvalue weighted by Crippen LogP contribution is -2.21. The van der Waals surface area contributed by atoms with Gasteiger partial charge in [-0.2, -0.15) is 0 Å². The van der Waals surface area contributed by atoms with Crippen molar-refractivity contribution in [2.24, 2.45) is 0 Å². The fourth-order valence-electron chi connectivity index (χ4n) is 3.02. The maximum Gasteiger partial charge on any atom is 0.243 e. The van der Waals surface area contributed by atoms with Gasteiger partial charge in [-0.25, -0.2) is 0 Å². The number of ether oxygens (including phenoxy) is 1. The first-order chi connectivity index (χ1) is 15.1. The Balaban J connectivity index is 1.45. The van der Waals surface area contributed by atoms with E-state index in [0.717, 1.165) is 17.0 Å². The van der Waals surface area contributed by atoms with Crippen LogP contribution in [-0.2, 0) is 16.0 Å². The topological polar surface area (TPSA) is 79.5 Å². The van der Waals surface area contributed by atoms with Crippen LogP contribution in [0.5, 0.6) is 5.75 Å². The highest BCUT2D eigenvalue weighted by Crippen LogP contribution is 2.17. The van der Waals surface area contributed by atoms with Gasteiger partial charge in [0.2, 0.25) is 11.8 Å². The molecular weight excluding hydrogens is 390 g/mol. The lowest BCUT2D eigenvalue weighted by molar-refractivity contribution is -0.116. The first-order valence-corrected chi connectivity index (χ1v) is 10.3. The van der Waals surface area contributed by atoms with Crippen molar-refractivity contribution < 1.29 is 14.3 Å². The van der Waals surface area contributed by atoms with E-state index < -0.39 is 0 Å². The summed E-state index contributed by atoms with van der Waals surface area (Å²) in [6.45, 7) is 2.63. The van der Waals surface area contributed by atoms with Crippen LogP contribution in [0, 0.1) is 0 Å². The van der Waals surface area contributed by atoms with E-state index in [1.165, 1.54) is 0 Å². The van der Waals surface area contributed by atoms with Gasteiger partial charge < -0.3 is 20.7 Å². The van der Waals surface area contributed by atoms with Crippen molar-refractivity contribution >= 4 is 28.9 Å². The summed E-state index contributed by atoms with van der Waals surface area (Å²) in [6, 6.07) is 24.5. The highest BCUT2D eigenvalue weighted by molar-refractivity contribution is 5.94. The molecule has 0 unspecified atom stereocenters. The molecular formula is C25H27N3O3. The Morgan fingerprint density at radius 3 is 2.23 bits per heavy atom. The maximum absolute atomic E-state index is 12.2. The predicted molar refractivity (Wildman–Crippen MR) is 125 cm³/mol. The number of benzene rings is 3. The molecule has 0 atom stereocenters. The Labute approximate surface area is 182 Å². The average molecular weight is 418 g/mol. The summed E-state index contributed by atoms with van der Waals surface area (Å²) in [6.07, 6.45) is 1.10. The van der Waals surface area contributed by atoms with Gasteiger partial charge in [-0.1, -0.05) is 36.4 Å². The van der Waals surface area contributed by atoms with E-state index in [9.17, 15) is 9.59 Å². The number of anilines is 3. The highest BCUT2D eigenvalue weighted by atomic mass is 16.5. The van der Waals surface area contributed by atoms with Gasteiger partial charge in [-0.3, -0.25) is 9.59 Å². The van der Waals surface area contributed by atoms with Crippen molar-refractivity contribution in [3.63, 3.8) is 0 Å². The van der Waals surface area contributed by atoms with E-state index in [0.29, 0.717) is 30.8 Å². The quantitative estimate of drug-likeness (QED) is 0.446. The Kier molecular flexibility index (Phi) is 8.05. The molecule has 0 saturated heterocycles. The van der Waals surface area contributed by atoms with Gasteiger partial charge in [0, 0.05) is 23.5 Å². The minimum absolute atomic E-state index is 0.0470. The van der Waals surface area contributed by atoms with E-state index in [1.54, 1.807) is 12.1 Å². The van der Waals surface area contributed by atoms with Crippen molar-refractivity contribution in [3.8, 4) is 5.75 Å². The van der Waals surface area contributed by atoms with Gasteiger partial charge in [0.1, 0.15) is 5.75 Å². The molecule has 0 radical (unpaired) electrons. The number of rotatable bonds is 10. The van der Waals surface area contributed by atoms with Crippen LogP contribution in [0.4, 0.5) is 17.1 Å². The third kappa shape index (κ3) is 7.51. The van der Waals surface area contributed by atoms with Gasteiger partial charge in [-0.15, -0.1) is 0 Å². The summed E-state index contributed by atoms with van der Waals surface area (Å²) in [7, 11) is 0. The van der Waals surface area contributed by atoms with Gasteiger partial charge in [-0.05, 0) is 61.4 Å². The molecule has 6 heteroatoms. The van der Waals surface area contributed by atoms with Gasteiger partial charge in [0.05, 0.1) is 13.2 Å². The Morgan fingerprint density at radius 1 is 0.774 bits per heavy atom. The van der Waals surface area contributed by atoms with Crippen LogP contribution in [0.1, 0.15) is 18.9 Å². The highest BCUT2D eigenvalue weighted by Gasteiger charge is 2.06. The second-order valence-electron chi connectivity index (χ2n) is 6.97. The number of hydrogen-bond acceptors (Lipinski definition) is 4. The summed E-state index contributed by atoms with van der Waals surface area (Å²) in [4.78, 5) is 24.4. The zero-order valence-electron chi connectivity index (χ0n) is 17.6. The molecule has 0 aliphatic carbocycles. The van der Waals surface area contributed by atoms with Crippen molar-refractivity contribution in [3.05, 3.63) is 84.4 Å². The minimum atomic E-state index is -0.165. The van der Waals surface area contributed by atoms with Crippen LogP contribution in [0.3, 0.4) is 0 Å². The minimum Gasteiger partial charge on any atom is -0.494 e. The summed E-state index contributed by atoms with van der Waals surface area (Å²) < 4.78 is 5.39. The molecule has 3 aromatic carbocycles. The van der Waals surface area contributed by atoms with Crippen LogP contribution in [-0.4, -0.2) is 25.0 Å². The number of carbonyl (C=O) groups is 2. The first-order valence-electron chi connectivity index (χ1n) is 10.3. The van der Waals surface area contributed by atoms with Gasteiger partial charge >= 0.3 is 0 Å². The predicted octanol–water partition coefficient (Wildman–Crippen LogP) is 4.71. The average Bonchev–Trinajstić information content (AvgIpc) is 2.79. The molecule has 0 aliphatic heterocycles. The van der Waals surface area contributed by atoms with Gasteiger partial charge in [0.25, 0.3) is 0 Å². The number of hydrogen-bond donors (Lipinski definition) is 3. The van der Waals surface area contributed by atoms with E-state index in [-0.39, 0.29) is 18.4 Å². The molecule has 0 saturated carbocycles. The largest absolute Gasteiger partial charge is 0.494 e. The summed E-state index contributed by atoms with van der Waals surface area (Å²) in [5, 5.41) is 8.82. The summed E-state index contributed by atoms with van der Waals surface area (Å²) >= 11 is 0. The fourth-order valence-corrected chi connectivity index (χ4v) is 3.02. The van der Waals surface area contributed by atoms with Crippen molar-refractivity contribution in [1.82, 2.24) is 0 Å². The molecule has 2 amide bonds. The van der Waals surface area contributed by atoms with Gasteiger partial charge in [0.15, 0.2) is 0 Å². The summed E-state index contributed by atoms with van der Waals surface area (Å²) in [5.41, 5.74) is 3.28. The molecule has 3 rings (SSSR count). The Hall–Kier alpha value is -3.80. The third-order valence-corrected chi connectivity index (χ3v) is 4.53. The lowest BCUT2D eigenvalue weighted by atomic mass is 10.1. The number of amides is 2. The van der Waals surface area contributed by atoms with Crippen LogP contribution in [0.15, 0.2) is 78.9 Å². The van der Waals surface area contributed by atoms with E-state index >= 15 is 0 Å². The van der Waals surface area contributed by atoms with Crippen LogP contribution >= 0.6 is 0 Å².